The van der Waals surface area contributed by atoms with Crippen molar-refractivity contribution in [2.24, 2.45) is 5.92 Å². The van der Waals surface area contributed by atoms with E-state index in [1.165, 1.54) is 0 Å². The molecule has 1 fully saturated rings. The third-order valence-corrected chi connectivity index (χ3v) is 5.82. The molecule has 2 aliphatic rings. The highest BCUT2D eigenvalue weighted by molar-refractivity contribution is 5.96. The van der Waals surface area contributed by atoms with E-state index in [2.05, 4.69) is 10.6 Å². The molecular formula is C24H33N3O4. The molecule has 1 saturated carbocycles. The van der Waals surface area contributed by atoms with Gasteiger partial charge in [-0.2, -0.15) is 0 Å². The zero-order valence-electron chi connectivity index (χ0n) is 18.9. The topological polar surface area (TPSA) is 87.7 Å². The van der Waals surface area contributed by atoms with Crippen LogP contribution in [0, 0.1) is 5.92 Å². The summed E-state index contributed by atoms with van der Waals surface area (Å²) >= 11 is 0. The molecule has 0 spiro atoms. The van der Waals surface area contributed by atoms with Gasteiger partial charge in [-0.1, -0.05) is 31.9 Å². The van der Waals surface area contributed by atoms with E-state index in [4.69, 9.17) is 4.74 Å². The standard InChI is InChI=1S/C24H33N3O4/c1-5-13-27-16(4)20(23(29)31-15(2)3)21(26-24(27)30)18-11-8-12-19(14-18)25-22(28)17-9-6-7-10-17/h8,11-12,14-15,17,21H,5-7,9-10,13H2,1-4H3,(H,25,28)(H,26,30). The number of nitrogens with one attached hydrogen (secondary N) is 2. The molecule has 0 saturated heterocycles. The molecule has 2 N–H and O–H groups in total. The third-order valence-electron chi connectivity index (χ3n) is 5.82. The fourth-order valence-corrected chi connectivity index (χ4v) is 4.29. The fraction of sp³-hybridized carbons (Fsp3) is 0.542. The van der Waals surface area contributed by atoms with Gasteiger partial charge in [0.15, 0.2) is 0 Å². The van der Waals surface area contributed by atoms with E-state index in [1.54, 1.807) is 25.7 Å². The Hall–Kier alpha value is -2.83. The number of rotatable bonds is 7. The van der Waals surface area contributed by atoms with Crippen molar-refractivity contribution in [1.82, 2.24) is 10.2 Å². The first kappa shape index (κ1) is 22.8. The van der Waals surface area contributed by atoms with Crippen LogP contribution in [0.5, 0.6) is 0 Å². The molecule has 7 nitrogen and oxygen atoms in total. The summed E-state index contributed by atoms with van der Waals surface area (Å²) < 4.78 is 5.49. The lowest BCUT2D eigenvalue weighted by atomic mass is 9.94. The van der Waals surface area contributed by atoms with Crippen LogP contribution < -0.4 is 10.6 Å². The highest BCUT2D eigenvalue weighted by Gasteiger charge is 2.36. The number of nitrogens with zero attached hydrogens (tertiary/aromatic N) is 1. The van der Waals surface area contributed by atoms with Gasteiger partial charge in [-0.15, -0.1) is 0 Å². The minimum atomic E-state index is -0.643. The van der Waals surface area contributed by atoms with E-state index in [0.717, 1.165) is 37.7 Å². The molecule has 1 heterocycles. The predicted octanol–water partition coefficient (Wildman–Crippen LogP) is 4.52. The van der Waals surface area contributed by atoms with Crippen molar-refractivity contribution in [3.05, 3.63) is 41.1 Å². The van der Waals surface area contributed by atoms with Crippen molar-refractivity contribution in [2.75, 3.05) is 11.9 Å². The molecule has 0 bridgehead atoms. The smallest absolute Gasteiger partial charge is 0.338 e. The van der Waals surface area contributed by atoms with Crippen LogP contribution in [0.4, 0.5) is 10.5 Å². The Bertz CT molecular complexity index is 871. The summed E-state index contributed by atoms with van der Waals surface area (Å²) in [6.07, 6.45) is 4.51. The van der Waals surface area contributed by atoms with Crippen LogP contribution in [0.15, 0.2) is 35.5 Å². The maximum absolute atomic E-state index is 13.0. The number of anilines is 1. The molecule has 1 atom stereocenters. The first-order valence-electron chi connectivity index (χ1n) is 11.2. The minimum Gasteiger partial charge on any atom is -0.459 e. The fourth-order valence-electron chi connectivity index (χ4n) is 4.29. The summed E-state index contributed by atoms with van der Waals surface area (Å²) in [7, 11) is 0. The molecule has 3 amide bonds. The van der Waals surface area contributed by atoms with Crippen molar-refractivity contribution < 1.29 is 19.1 Å². The molecule has 1 aromatic carbocycles. The lowest BCUT2D eigenvalue weighted by Gasteiger charge is -2.35. The molecule has 31 heavy (non-hydrogen) atoms. The summed E-state index contributed by atoms with van der Waals surface area (Å²) in [5.74, 6) is -0.360. The van der Waals surface area contributed by atoms with Crippen molar-refractivity contribution in [3.8, 4) is 0 Å². The number of amides is 3. The molecule has 168 valence electrons. The molecule has 1 aromatic rings. The van der Waals surface area contributed by atoms with Gasteiger partial charge in [0.1, 0.15) is 0 Å². The van der Waals surface area contributed by atoms with Gasteiger partial charge < -0.3 is 15.4 Å². The van der Waals surface area contributed by atoms with Gasteiger partial charge in [-0.3, -0.25) is 9.69 Å². The van der Waals surface area contributed by atoms with Gasteiger partial charge in [-0.05, 0) is 57.7 Å². The number of carbonyl (C=O) groups excluding carboxylic acids is 3. The highest BCUT2D eigenvalue weighted by atomic mass is 16.5. The van der Waals surface area contributed by atoms with Gasteiger partial charge >= 0.3 is 12.0 Å². The maximum Gasteiger partial charge on any atom is 0.338 e. The van der Waals surface area contributed by atoms with Crippen LogP contribution in [0.3, 0.4) is 0 Å². The molecular weight excluding hydrogens is 394 g/mol. The van der Waals surface area contributed by atoms with E-state index in [-0.39, 0.29) is 24.0 Å². The average molecular weight is 428 g/mol. The number of carbonyl (C=O) groups is 3. The summed E-state index contributed by atoms with van der Waals surface area (Å²) in [5.41, 5.74) is 2.40. The number of hydrogen-bond donors (Lipinski definition) is 2. The van der Waals surface area contributed by atoms with Crippen molar-refractivity contribution in [1.29, 1.82) is 0 Å². The zero-order chi connectivity index (χ0) is 22.5. The van der Waals surface area contributed by atoms with Crippen LogP contribution in [-0.2, 0) is 14.3 Å². The van der Waals surface area contributed by atoms with Crippen LogP contribution >= 0.6 is 0 Å². The second-order valence-corrected chi connectivity index (χ2v) is 8.58. The third kappa shape index (κ3) is 5.27. The lowest BCUT2D eigenvalue weighted by molar-refractivity contribution is -0.143. The highest BCUT2D eigenvalue weighted by Crippen LogP contribution is 2.33. The second-order valence-electron chi connectivity index (χ2n) is 8.58. The number of esters is 1. The molecule has 7 heteroatoms. The SMILES string of the molecule is CCCN1C(=O)NC(c2cccc(NC(=O)C3CCCC3)c2)C(C(=O)OC(C)C)=C1C. The normalized spacial score (nSPS) is 19.6. The Labute approximate surface area is 184 Å². The first-order chi connectivity index (χ1) is 14.8. The number of ether oxygens (including phenoxy) is 1. The van der Waals surface area contributed by atoms with E-state index in [9.17, 15) is 14.4 Å². The van der Waals surface area contributed by atoms with Gasteiger partial charge in [0.05, 0.1) is 17.7 Å². The van der Waals surface area contributed by atoms with Crippen LogP contribution in [-0.4, -0.2) is 35.5 Å². The maximum atomic E-state index is 13.0. The molecule has 3 rings (SSSR count). The number of hydrogen-bond acceptors (Lipinski definition) is 4. The summed E-state index contributed by atoms with van der Waals surface area (Å²) in [4.78, 5) is 39.9. The van der Waals surface area contributed by atoms with E-state index in [1.807, 2.05) is 31.2 Å². The Morgan fingerprint density at radius 2 is 1.97 bits per heavy atom. The van der Waals surface area contributed by atoms with Crippen LogP contribution in [0.25, 0.3) is 0 Å². The van der Waals surface area contributed by atoms with Gasteiger partial charge in [-0.25, -0.2) is 9.59 Å². The van der Waals surface area contributed by atoms with Crippen LogP contribution in [0.2, 0.25) is 0 Å². The zero-order valence-corrected chi connectivity index (χ0v) is 18.9. The number of benzene rings is 1. The summed E-state index contributed by atoms with van der Waals surface area (Å²) in [6, 6.07) is 6.43. The van der Waals surface area contributed by atoms with E-state index in [0.29, 0.717) is 23.5 Å². The van der Waals surface area contributed by atoms with Gasteiger partial charge in [0, 0.05) is 23.8 Å². The summed E-state index contributed by atoms with van der Waals surface area (Å²) in [5, 5.41) is 5.95. The summed E-state index contributed by atoms with van der Waals surface area (Å²) in [6.45, 7) is 7.88. The Morgan fingerprint density at radius 3 is 2.61 bits per heavy atom. The Balaban J connectivity index is 1.92. The average Bonchev–Trinajstić information content (AvgIpc) is 3.25. The van der Waals surface area contributed by atoms with Crippen molar-refractivity contribution >= 4 is 23.6 Å². The van der Waals surface area contributed by atoms with Crippen LogP contribution in [0.1, 0.15) is 71.4 Å². The quantitative estimate of drug-likeness (QED) is 0.627. The molecule has 1 aliphatic heterocycles. The molecule has 0 radical (unpaired) electrons. The van der Waals surface area contributed by atoms with E-state index >= 15 is 0 Å². The van der Waals surface area contributed by atoms with Gasteiger partial charge in [0.25, 0.3) is 0 Å². The minimum absolute atomic E-state index is 0.0302. The first-order valence-corrected chi connectivity index (χ1v) is 11.2. The Kier molecular flexibility index (Phi) is 7.36. The number of urea groups is 1. The lowest BCUT2D eigenvalue weighted by Crippen LogP contribution is -2.48. The predicted molar refractivity (Wildman–Crippen MR) is 119 cm³/mol. The molecule has 1 aliphatic carbocycles. The monoisotopic (exact) mass is 427 g/mol. The second kappa shape index (κ2) is 9.98. The largest absolute Gasteiger partial charge is 0.459 e. The Morgan fingerprint density at radius 1 is 1.26 bits per heavy atom. The molecule has 1 unspecified atom stereocenters. The van der Waals surface area contributed by atoms with Gasteiger partial charge in [0.2, 0.25) is 5.91 Å². The van der Waals surface area contributed by atoms with Crippen molar-refractivity contribution in [2.45, 2.75) is 71.9 Å². The number of allylic oxidation sites excluding steroid dienone is 1. The van der Waals surface area contributed by atoms with E-state index < -0.39 is 12.0 Å². The molecule has 0 aromatic heterocycles. The van der Waals surface area contributed by atoms with Crippen molar-refractivity contribution in [3.63, 3.8) is 0 Å².